The fourth-order valence-corrected chi connectivity index (χ4v) is 7.75. The molecule has 0 saturated heterocycles. The first-order valence-electron chi connectivity index (χ1n) is 9.82. The molecule has 5 nitrogen and oxygen atoms in total. The number of hydrogen-bond donors (Lipinski definition) is 5. The van der Waals surface area contributed by atoms with Crippen molar-refractivity contribution in [3.8, 4) is 0 Å². The van der Waals surface area contributed by atoms with Gasteiger partial charge >= 0.3 is 0 Å². The molecule has 0 radical (unpaired) electrons. The van der Waals surface area contributed by atoms with E-state index in [0.717, 1.165) is 19.3 Å². The predicted octanol–water partition coefficient (Wildman–Crippen LogP) is 1.20. The summed E-state index contributed by atoms with van der Waals surface area (Å²) in [5, 5.41) is 56.0. The number of aliphatic hydroxyl groups is 5. The highest BCUT2D eigenvalue weighted by Gasteiger charge is 2.74. The largest absolute Gasteiger partial charge is 0.392 e. The van der Waals surface area contributed by atoms with E-state index in [1.807, 2.05) is 6.92 Å². The molecule has 4 rings (SSSR count). The van der Waals surface area contributed by atoms with Crippen molar-refractivity contribution in [3.05, 3.63) is 0 Å². The molecule has 144 valence electrons. The van der Waals surface area contributed by atoms with E-state index in [2.05, 4.69) is 0 Å². The summed E-state index contributed by atoms with van der Waals surface area (Å²) in [6.07, 6.45) is 1.91. The molecule has 0 aliphatic heterocycles. The smallest absolute Gasteiger partial charge is 0.104 e. The van der Waals surface area contributed by atoms with Crippen molar-refractivity contribution in [1.82, 2.24) is 0 Å². The summed E-state index contributed by atoms with van der Waals surface area (Å²) < 4.78 is 0. The molecule has 0 aromatic rings. The molecular weight excluding hydrogens is 320 g/mol. The molecule has 25 heavy (non-hydrogen) atoms. The van der Waals surface area contributed by atoms with Crippen LogP contribution in [0.1, 0.15) is 66.2 Å². The van der Waals surface area contributed by atoms with Gasteiger partial charge in [0, 0.05) is 11.3 Å². The quantitative estimate of drug-likeness (QED) is 0.450. The van der Waals surface area contributed by atoms with Gasteiger partial charge < -0.3 is 25.5 Å². The number of rotatable bonds is 0. The van der Waals surface area contributed by atoms with Gasteiger partial charge in [0.05, 0.1) is 23.4 Å². The summed E-state index contributed by atoms with van der Waals surface area (Å²) >= 11 is 0. The second-order valence-corrected chi connectivity index (χ2v) is 10.7. The second-order valence-electron chi connectivity index (χ2n) is 10.7. The van der Waals surface area contributed by atoms with Crippen molar-refractivity contribution in [2.24, 2.45) is 28.6 Å². The molecule has 0 aromatic carbocycles. The highest BCUT2D eigenvalue weighted by atomic mass is 16.4. The maximum atomic E-state index is 11.7. The Balaban J connectivity index is 1.86. The summed E-state index contributed by atoms with van der Waals surface area (Å²) in [6, 6.07) is 0. The van der Waals surface area contributed by atoms with Crippen molar-refractivity contribution in [1.29, 1.82) is 0 Å². The third-order valence-electron chi connectivity index (χ3n) is 9.16. The van der Waals surface area contributed by atoms with Crippen LogP contribution in [0.3, 0.4) is 0 Å². The molecule has 4 aliphatic carbocycles. The minimum Gasteiger partial charge on any atom is -0.392 e. The van der Waals surface area contributed by atoms with Gasteiger partial charge in [-0.1, -0.05) is 13.8 Å². The normalized spacial score (nSPS) is 63.0. The molecule has 4 saturated carbocycles. The van der Waals surface area contributed by atoms with E-state index in [4.69, 9.17) is 0 Å². The monoisotopic (exact) mass is 354 g/mol. The highest BCUT2D eigenvalue weighted by Crippen LogP contribution is 2.69. The molecule has 5 N–H and O–H groups in total. The van der Waals surface area contributed by atoms with Crippen LogP contribution in [0.15, 0.2) is 0 Å². The third-order valence-corrected chi connectivity index (χ3v) is 9.16. The summed E-state index contributed by atoms with van der Waals surface area (Å²) in [6.45, 7) is 7.24. The number of hydrogen-bond acceptors (Lipinski definition) is 5. The lowest BCUT2D eigenvalue weighted by Gasteiger charge is -2.49. The van der Waals surface area contributed by atoms with Crippen LogP contribution in [0, 0.1) is 28.6 Å². The van der Waals surface area contributed by atoms with E-state index in [9.17, 15) is 25.5 Å². The zero-order chi connectivity index (χ0) is 18.6. The Morgan fingerprint density at radius 1 is 0.800 bits per heavy atom. The Hall–Kier alpha value is -0.200. The van der Waals surface area contributed by atoms with E-state index in [-0.39, 0.29) is 17.3 Å². The van der Waals surface area contributed by atoms with E-state index in [1.54, 1.807) is 20.8 Å². The van der Waals surface area contributed by atoms with Gasteiger partial charge in [-0.15, -0.1) is 0 Å². The van der Waals surface area contributed by atoms with Gasteiger partial charge in [-0.3, -0.25) is 0 Å². The highest BCUT2D eigenvalue weighted by molar-refractivity contribution is 5.24. The molecule has 0 amide bonds. The zero-order valence-electron chi connectivity index (χ0n) is 15.9. The first-order chi connectivity index (χ1) is 11.3. The third kappa shape index (κ3) is 1.97. The molecule has 9 atom stereocenters. The number of aliphatic hydroxyl groups excluding tert-OH is 2. The Kier molecular flexibility index (Phi) is 3.49. The van der Waals surface area contributed by atoms with Crippen LogP contribution in [0.4, 0.5) is 0 Å². The van der Waals surface area contributed by atoms with Crippen molar-refractivity contribution in [2.45, 2.75) is 95.2 Å². The van der Waals surface area contributed by atoms with Crippen molar-refractivity contribution >= 4 is 0 Å². The molecule has 1 spiro atoms. The topological polar surface area (TPSA) is 101 Å². The molecular formula is C20H34O5. The summed E-state index contributed by atoms with van der Waals surface area (Å²) in [7, 11) is 0. The van der Waals surface area contributed by atoms with E-state index in [0.29, 0.717) is 19.3 Å². The maximum Gasteiger partial charge on any atom is 0.104 e. The van der Waals surface area contributed by atoms with Crippen LogP contribution in [-0.4, -0.2) is 54.5 Å². The van der Waals surface area contributed by atoms with Crippen LogP contribution in [-0.2, 0) is 0 Å². The average Bonchev–Trinajstić information content (AvgIpc) is 2.77. The minimum absolute atomic E-state index is 0.0833. The fourth-order valence-electron chi connectivity index (χ4n) is 7.75. The lowest BCUT2D eigenvalue weighted by molar-refractivity contribution is -0.200. The fraction of sp³-hybridized carbons (Fsp3) is 1.00. The van der Waals surface area contributed by atoms with Gasteiger partial charge in [0.2, 0.25) is 0 Å². The lowest BCUT2D eigenvalue weighted by atomic mass is 9.59. The Morgan fingerprint density at radius 3 is 2.08 bits per heavy atom. The Labute approximate surface area is 150 Å². The molecule has 4 fully saturated rings. The van der Waals surface area contributed by atoms with E-state index in [1.165, 1.54) is 0 Å². The summed E-state index contributed by atoms with van der Waals surface area (Å²) in [5.74, 6) is -0.468. The van der Waals surface area contributed by atoms with Crippen LogP contribution in [0.2, 0.25) is 0 Å². The van der Waals surface area contributed by atoms with Crippen molar-refractivity contribution in [3.63, 3.8) is 0 Å². The van der Waals surface area contributed by atoms with Crippen LogP contribution in [0.25, 0.3) is 0 Å². The predicted molar refractivity (Wildman–Crippen MR) is 92.6 cm³/mol. The molecule has 2 bridgehead atoms. The van der Waals surface area contributed by atoms with E-state index >= 15 is 0 Å². The zero-order valence-corrected chi connectivity index (χ0v) is 15.9. The van der Waals surface area contributed by atoms with Crippen LogP contribution >= 0.6 is 0 Å². The second kappa shape index (κ2) is 4.79. The molecule has 0 heterocycles. The number of fused-ring (bicyclic) bond motifs is 2. The Morgan fingerprint density at radius 2 is 1.44 bits per heavy atom. The lowest BCUT2D eigenvalue weighted by Crippen LogP contribution is -2.60. The standard InChI is InChI=1S/C20H34O5/c1-16(2)14(21)7-13-18(4,24)12-6-5-11-8-19(12,10-17(11,3)23)9-15(22)20(13,16)25/h11-15,21-25H,5-10H2,1-4H3/t11-,12+,13+,14+,15-,17-,18-,19+,20+/m1/s1. The molecule has 0 aromatic heterocycles. The summed E-state index contributed by atoms with van der Waals surface area (Å²) in [4.78, 5) is 0. The van der Waals surface area contributed by atoms with E-state index < -0.39 is 40.3 Å². The average molecular weight is 354 g/mol. The Bertz CT molecular complexity index is 585. The van der Waals surface area contributed by atoms with Crippen molar-refractivity contribution < 1.29 is 25.5 Å². The van der Waals surface area contributed by atoms with Gasteiger partial charge in [0.25, 0.3) is 0 Å². The first-order valence-corrected chi connectivity index (χ1v) is 9.82. The molecule has 4 aliphatic rings. The molecule has 5 heteroatoms. The van der Waals surface area contributed by atoms with Gasteiger partial charge in [0.15, 0.2) is 0 Å². The minimum atomic E-state index is -1.54. The SMILES string of the molecule is CC1(C)[C@@H](O)C[C@H]2[C@](C)(O)[C@@H]3CC[C@@H]4C[C@]3(C[C@@H](O)[C@@]21O)C[C@@]4(C)O. The van der Waals surface area contributed by atoms with Gasteiger partial charge in [0.1, 0.15) is 5.60 Å². The van der Waals surface area contributed by atoms with Crippen LogP contribution < -0.4 is 0 Å². The van der Waals surface area contributed by atoms with Gasteiger partial charge in [-0.25, -0.2) is 0 Å². The van der Waals surface area contributed by atoms with Gasteiger partial charge in [-0.05, 0) is 69.6 Å². The summed E-state index contributed by atoms with van der Waals surface area (Å²) in [5.41, 5.74) is -4.75. The van der Waals surface area contributed by atoms with Crippen molar-refractivity contribution in [2.75, 3.05) is 0 Å². The first kappa shape index (κ1) is 18.2. The van der Waals surface area contributed by atoms with Crippen LogP contribution in [0.5, 0.6) is 0 Å². The van der Waals surface area contributed by atoms with Gasteiger partial charge in [-0.2, -0.15) is 0 Å². The maximum absolute atomic E-state index is 11.7. The molecule has 0 unspecified atom stereocenters.